The van der Waals surface area contributed by atoms with E-state index in [1.54, 1.807) is 99.1 Å². The fraction of sp³-hybridized carbons (Fsp3) is 0. The van der Waals surface area contributed by atoms with Crippen LogP contribution in [0.3, 0.4) is 0 Å². The third kappa shape index (κ3) is 70.8. The molecule has 0 spiro atoms. The molecule has 14 aromatic heterocycles. The average Bonchev–Trinajstić information content (AvgIpc) is 0.797. The van der Waals surface area contributed by atoms with Crippen LogP contribution in [-0.4, -0.2) is 79.7 Å². The van der Waals surface area contributed by atoms with Crippen LogP contribution in [0.5, 0.6) is 0 Å². The monoisotopic (exact) mass is 2370 g/mol. The van der Waals surface area contributed by atoms with Crippen LogP contribution in [0.4, 0.5) is 126 Å². The van der Waals surface area contributed by atoms with Crippen molar-refractivity contribution >= 4 is 39.0 Å². The van der Waals surface area contributed by atoms with Crippen LogP contribution in [0, 0.1) is 0 Å². The number of hydrogen-bond acceptors (Lipinski definition) is 16. The molecule has 0 aromatic carbocycles. The largest absolute Gasteiger partial charge is 3.00 e. The van der Waals surface area contributed by atoms with Gasteiger partial charge in [0, 0.05) is 139 Å². The first-order valence-corrected chi connectivity index (χ1v) is 41.6. The minimum absolute atomic E-state index is 0. The van der Waals surface area contributed by atoms with Crippen molar-refractivity contribution in [3.63, 3.8) is 0 Å². The van der Waals surface area contributed by atoms with E-state index in [0.717, 1.165) is 91.1 Å². The second-order valence-electron chi connectivity index (χ2n) is 21.9. The summed E-state index contributed by atoms with van der Waals surface area (Å²) >= 11 is 0. The van der Waals surface area contributed by atoms with E-state index in [-0.39, 0.29) is 83.9 Å². The zero-order valence-corrected chi connectivity index (χ0v) is 73.3. The molecule has 56 heteroatoms. The quantitative estimate of drug-likeness (QED) is 0.0787. The topological polar surface area (TPSA) is 206 Å². The van der Waals surface area contributed by atoms with Crippen LogP contribution in [0.15, 0.2) is 318 Å². The molecular formula is C68H52Cl2F30N16Os2P5Rh-4. The summed E-state index contributed by atoms with van der Waals surface area (Å²) in [5.41, 5.74) is 13.5. The van der Waals surface area contributed by atoms with Gasteiger partial charge in [-0.1, -0.05) is 72.8 Å². The van der Waals surface area contributed by atoms with E-state index in [2.05, 4.69) is 79.7 Å². The van der Waals surface area contributed by atoms with E-state index in [1.165, 1.54) is 0 Å². The first-order valence-electron chi connectivity index (χ1n) is 31.4. The molecular weight excluding hydrogens is 2320 g/mol. The summed E-state index contributed by atoms with van der Waals surface area (Å²) in [6.45, 7) is 0. The summed E-state index contributed by atoms with van der Waals surface area (Å²) in [7, 11) is -53.3. The maximum Gasteiger partial charge on any atom is 3.00 e. The third-order valence-electron chi connectivity index (χ3n) is 11.4. The predicted molar refractivity (Wildman–Crippen MR) is 395 cm³/mol. The fourth-order valence-corrected chi connectivity index (χ4v) is 7.55. The molecule has 0 aliphatic heterocycles. The average molecular weight is 2370 g/mol. The van der Waals surface area contributed by atoms with Gasteiger partial charge in [0.15, 0.2) is 0 Å². The summed E-state index contributed by atoms with van der Waals surface area (Å²) in [6, 6.07) is 69.3. The van der Waals surface area contributed by atoms with Crippen molar-refractivity contribution in [3.05, 3.63) is 318 Å². The Balaban J connectivity index is 0. The van der Waals surface area contributed by atoms with Crippen molar-refractivity contribution in [2.24, 2.45) is 0 Å². The van der Waals surface area contributed by atoms with Gasteiger partial charge < -0.3 is 24.8 Å². The summed E-state index contributed by atoms with van der Waals surface area (Å²) in [6.07, 6.45) is 27.8. The molecule has 0 aliphatic carbocycles. The number of rotatable bonds is 8. The molecule has 0 fully saturated rings. The van der Waals surface area contributed by atoms with E-state index in [9.17, 15) is 126 Å². The number of halogens is 32. The Morgan fingerprint density at radius 3 is 0.282 bits per heavy atom. The Morgan fingerprint density at radius 1 is 0.129 bits per heavy atom. The molecule has 0 saturated heterocycles. The molecule has 0 N–H and O–H groups in total. The van der Waals surface area contributed by atoms with Crippen molar-refractivity contribution < 1.29 is 210 Å². The molecule has 0 unspecified atom stereocenters. The van der Waals surface area contributed by atoms with Crippen molar-refractivity contribution in [2.45, 2.75) is 0 Å². The first-order chi connectivity index (χ1) is 54.0. The number of pyridine rings is 12. The molecule has 0 aliphatic rings. The van der Waals surface area contributed by atoms with E-state index < -0.39 is 39.0 Å². The third-order valence-corrected chi connectivity index (χ3v) is 11.4. The second kappa shape index (κ2) is 43.6. The molecule has 16 nitrogen and oxygen atoms in total. The molecule has 0 saturated carbocycles. The van der Waals surface area contributed by atoms with Crippen LogP contribution in [0.25, 0.3) is 91.1 Å². The van der Waals surface area contributed by atoms with Gasteiger partial charge in [-0.3, -0.25) is 79.7 Å². The van der Waals surface area contributed by atoms with Gasteiger partial charge in [-0.05, 0) is 146 Å². The van der Waals surface area contributed by atoms with Crippen molar-refractivity contribution in [1.82, 2.24) is 79.7 Å². The second-order valence-corrected chi connectivity index (χ2v) is 31.5. The van der Waals surface area contributed by atoms with Crippen molar-refractivity contribution in [1.29, 1.82) is 0 Å². The minimum atomic E-state index is -10.7. The van der Waals surface area contributed by atoms with Gasteiger partial charge in [0.05, 0.1) is 68.3 Å². The molecule has 0 radical (unpaired) electrons. The zero-order chi connectivity index (χ0) is 89.4. The Kier molecular flexibility index (Phi) is 41.0. The van der Waals surface area contributed by atoms with Crippen LogP contribution >= 0.6 is 39.0 Å². The Bertz CT molecular complexity index is 4480. The Morgan fingerprint density at radius 2 is 0.210 bits per heavy atom. The standard InChI is InChI=1S/2C14H10N4.4C10H8N2.2ClH.5F6P.2Os.Rh/c2*1-3-7-15-11(5-1)13-14(18-10-9-17-13)12-6-2-4-8-16-12;4*1-3-7-11-9(5-1)10-6-2-4-8-12-10;;;5*1-7(2,3,4,5)6;;;/h2*1-10H;4*1-8H;2*1H;;;;;;;;/q;;;;;;;;5*-1;;;+3/p-2. The molecule has 0 atom stereocenters. The van der Waals surface area contributed by atoms with E-state index >= 15 is 0 Å². The first kappa shape index (κ1) is 117. The van der Waals surface area contributed by atoms with Crippen molar-refractivity contribution in [2.75, 3.05) is 0 Å². The van der Waals surface area contributed by atoms with Crippen LogP contribution in [0.1, 0.15) is 0 Å². The van der Waals surface area contributed by atoms with Gasteiger partial charge in [-0.2, -0.15) is 0 Å². The van der Waals surface area contributed by atoms with E-state index in [1.807, 2.05) is 218 Å². The SMILES string of the molecule is F[P-](F)(F)(F)(F)F.F[P-](F)(F)(F)(F)F.F[P-](F)(F)(F)(F)F.F[P-](F)(F)(F)(F)F.F[P-](F)(F)(F)(F)F.[Cl-].[Cl-].[Os].[Os].[Rh+3].c1ccc(-c2ccccn2)nc1.c1ccc(-c2ccccn2)nc1.c1ccc(-c2ccccn2)nc1.c1ccc(-c2ccccn2)nc1.c1ccc(-c2nccnc2-c2ccccn2)nc1.c1ccc(-c2nccnc2-c2ccccn2)nc1. The van der Waals surface area contributed by atoms with Crippen LogP contribution in [0.2, 0.25) is 0 Å². The van der Waals surface area contributed by atoms with Gasteiger partial charge in [-0.15, -0.1) is 0 Å². The summed E-state index contributed by atoms with van der Waals surface area (Å²) in [5, 5.41) is 0. The molecule has 682 valence electrons. The summed E-state index contributed by atoms with van der Waals surface area (Å²) in [4.78, 5) is 68.2. The summed E-state index contributed by atoms with van der Waals surface area (Å²) in [5.74, 6) is 0. The van der Waals surface area contributed by atoms with E-state index in [4.69, 9.17) is 0 Å². The zero-order valence-electron chi connectivity index (χ0n) is 60.5. The van der Waals surface area contributed by atoms with Crippen LogP contribution < -0.4 is 24.8 Å². The number of hydrogen-bond donors (Lipinski definition) is 0. The van der Waals surface area contributed by atoms with Gasteiger partial charge in [0.1, 0.15) is 22.8 Å². The molecule has 0 amide bonds. The Hall–Kier alpha value is -9.51. The molecule has 0 bridgehead atoms. The van der Waals surface area contributed by atoms with Gasteiger partial charge in [0.2, 0.25) is 0 Å². The number of nitrogens with zero attached hydrogens (tertiary/aromatic N) is 16. The molecule has 124 heavy (non-hydrogen) atoms. The molecule has 14 rings (SSSR count). The molecule has 14 aromatic rings. The normalized spacial score (nSPS) is 13.2. The smallest absolute Gasteiger partial charge is 1.00 e. The summed E-state index contributed by atoms with van der Waals surface area (Å²) < 4.78 is 296. The van der Waals surface area contributed by atoms with Crippen LogP contribution in [-0.2, 0) is 59.1 Å². The van der Waals surface area contributed by atoms with Gasteiger partial charge in [0.25, 0.3) is 0 Å². The minimum Gasteiger partial charge on any atom is -1.00 e. The Labute approximate surface area is 732 Å². The van der Waals surface area contributed by atoms with Crippen molar-refractivity contribution in [3.8, 4) is 91.1 Å². The predicted octanol–water partition coefficient (Wildman–Crippen LogP) is 24.7. The van der Waals surface area contributed by atoms with Gasteiger partial charge in [-0.25, -0.2) is 0 Å². The maximum atomic E-state index is 9.87. The van der Waals surface area contributed by atoms with E-state index in [0.29, 0.717) is 0 Å². The number of aromatic nitrogens is 16. The van der Waals surface area contributed by atoms with Gasteiger partial charge >= 0.3 is 184 Å². The fourth-order valence-electron chi connectivity index (χ4n) is 7.55. The molecule has 14 heterocycles. The maximum absolute atomic E-state index is 10.7.